The molecule has 0 aromatic rings. The van der Waals surface area contributed by atoms with Crippen molar-refractivity contribution in [3.05, 3.63) is 0 Å². The summed E-state index contributed by atoms with van der Waals surface area (Å²) < 4.78 is 0. The first kappa shape index (κ1) is 10.5. The lowest BCUT2D eigenvalue weighted by Gasteiger charge is -2.34. The van der Waals surface area contributed by atoms with Gasteiger partial charge in [-0.1, -0.05) is 13.2 Å². The molecule has 4 nitrogen and oxygen atoms in total. The molecule has 0 saturated carbocycles. The number of rotatable bonds is 5. The molecule has 0 radical (unpaired) electrons. The van der Waals surface area contributed by atoms with Gasteiger partial charge in [0.25, 0.3) is 6.92 Å². The van der Waals surface area contributed by atoms with Crippen molar-refractivity contribution in [2.45, 2.75) is 32.0 Å². The van der Waals surface area contributed by atoms with Crippen LogP contribution in [-0.2, 0) is 4.79 Å². The highest BCUT2D eigenvalue weighted by molar-refractivity contribution is 6.48. The topological polar surface area (TPSA) is 69.6 Å². The predicted molar refractivity (Wildman–Crippen MR) is 50.8 cm³/mol. The molecule has 1 saturated heterocycles. The summed E-state index contributed by atoms with van der Waals surface area (Å²) in [6.45, 7) is 2.29. The summed E-state index contributed by atoms with van der Waals surface area (Å²) in [7, 11) is 0. The van der Waals surface area contributed by atoms with E-state index in [-0.39, 0.29) is 18.9 Å². The average molecular weight is 185 g/mol. The van der Waals surface area contributed by atoms with Gasteiger partial charge in [0.2, 0.25) is 0 Å². The average Bonchev–Trinajstić information content (AvgIpc) is 1.93. The fourth-order valence-electron chi connectivity index (χ4n) is 1.64. The van der Waals surface area contributed by atoms with E-state index >= 15 is 0 Å². The minimum Gasteiger partial charge on any atom is -0.480 e. The van der Waals surface area contributed by atoms with E-state index in [4.69, 9.17) is 10.1 Å². The Labute approximate surface area is 78.4 Å². The van der Waals surface area contributed by atoms with Crippen molar-refractivity contribution in [2.24, 2.45) is 5.92 Å². The van der Waals surface area contributed by atoms with Crippen LogP contribution in [0.4, 0.5) is 0 Å². The zero-order valence-electron chi connectivity index (χ0n) is 7.86. The molecule has 1 aliphatic rings. The van der Waals surface area contributed by atoms with E-state index in [2.05, 4.69) is 5.32 Å². The van der Waals surface area contributed by atoms with Crippen molar-refractivity contribution in [2.75, 3.05) is 6.54 Å². The van der Waals surface area contributed by atoms with Gasteiger partial charge in [0, 0.05) is 6.54 Å². The van der Waals surface area contributed by atoms with Crippen molar-refractivity contribution < 1.29 is 14.9 Å². The number of aliphatic carboxylic acids is 1. The van der Waals surface area contributed by atoms with E-state index in [9.17, 15) is 4.79 Å². The standard InChI is InChI=1S/C8H16BNO3/c1-9(13)4-2-3-6-5-10-7(6)8(11)12/h6-7,10,13H,2-5H2,1H3,(H,11,12)/t6-,7+/m1/s1. The summed E-state index contributed by atoms with van der Waals surface area (Å²) in [6, 6.07) is -0.353. The number of hydrogen-bond acceptors (Lipinski definition) is 3. The Morgan fingerprint density at radius 2 is 2.38 bits per heavy atom. The molecule has 13 heavy (non-hydrogen) atoms. The number of carboxylic acid groups (broad SMARTS) is 1. The van der Waals surface area contributed by atoms with Gasteiger partial charge in [-0.3, -0.25) is 4.79 Å². The first-order chi connectivity index (χ1) is 6.11. The second-order valence-corrected chi connectivity index (χ2v) is 3.76. The van der Waals surface area contributed by atoms with Crippen LogP contribution < -0.4 is 5.32 Å². The van der Waals surface area contributed by atoms with Crippen molar-refractivity contribution in [1.82, 2.24) is 5.32 Å². The van der Waals surface area contributed by atoms with E-state index in [0.29, 0.717) is 0 Å². The molecule has 1 rings (SSSR count). The van der Waals surface area contributed by atoms with Gasteiger partial charge in [-0.2, -0.15) is 0 Å². The second kappa shape index (κ2) is 4.62. The first-order valence-corrected chi connectivity index (χ1v) is 4.75. The first-order valence-electron chi connectivity index (χ1n) is 4.75. The van der Waals surface area contributed by atoms with Crippen LogP contribution in [-0.4, -0.2) is 35.6 Å². The second-order valence-electron chi connectivity index (χ2n) is 3.76. The molecule has 1 fully saturated rings. The molecule has 0 aromatic heterocycles. The van der Waals surface area contributed by atoms with Gasteiger partial charge in [-0.05, 0) is 18.7 Å². The molecule has 0 spiro atoms. The quantitative estimate of drug-likeness (QED) is 0.529. The smallest absolute Gasteiger partial charge is 0.321 e. The molecule has 0 aromatic carbocycles. The lowest BCUT2D eigenvalue weighted by Crippen LogP contribution is -2.57. The maximum Gasteiger partial charge on any atom is 0.321 e. The van der Waals surface area contributed by atoms with E-state index in [0.717, 1.165) is 25.7 Å². The number of nitrogens with one attached hydrogen (secondary N) is 1. The van der Waals surface area contributed by atoms with Crippen LogP contribution in [0.2, 0.25) is 13.1 Å². The zero-order valence-corrected chi connectivity index (χ0v) is 7.86. The van der Waals surface area contributed by atoms with Crippen LogP contribution in [0.25, 0.3) is 0 Å². The molecule has 0 aliphatic carbocycles. The summed E-state index contributed by atoms with van der Waals surface area (Å²) in [5.41, 5.74) is 0. The van der Waals surface area contributed by atoms with Gasteiger partial charge in [-0.25, -0.2) is 0 Å². The maximum atomic E-state index is 10.6. The third-order valence-electron chi connectivity index (χ3n) is 2.53. The molecule has 74 valence electrons. The van der Waals surface area contributed by atoms with E-state index in [1.165, 1.54) is 0 Å². The molecule has 2 atom stereocenters. The number of carbonyl (C=O) groups is 1. The van der Waals surface area contributed by atoms with Gasteiger partial charge in [-0.15, -0.1) is 0 Å². The lowest BCUT2D eigenvalue weighted by atomic mass is 9.66. The highest BCUT2D eigenvalue weighted by Gasteiger charge is 2.35. The zero-order chi connectivity index (χ0) is 9.84. The minimum absolute atomic E-state index is 0.260. The van der Waals surface area contributed by atoms with Gasteiger partial charge in [0.05, 0.1) is 0 Å². The summed E-state index contributed by atoms with van der Waals surface area (Å²) in [5, 5.41) is 20.6. The van der Waals surface area contributed by atoms with Gasteiger partial charge in [0.15, 0.2) is 0 Å². The Morgan fingerprint density at radius 1 is 1.69 bits per heavy atom. The van der Waals surface area contributed by atoms with Crippen LogP contribution in [0, 0.1) is 5.92 Å². The molecular formula is C8H16BNO3. The summed E-state index contributed by atoms with van der Waals surface area (Å²) in [6.07, 6.45) is 2.57. The van der Waals surface area contributed by atoms with Crippen LogP contribution in [0.1, 0.15) is 12.8 Å². The molecule has 0 bridgehead atoms. The van der Waals surface area contributed by atoms with Crippen LogP contribution in [0.15, 0.2) is 0 Å². The largest absolute Gasteiger partial charge is 0.480 e. The van der Waals surface area contributed by atoms with Crippen molar-refractivity contribution >= 4 is 12.9 Å². The monoisotopic (exact) mass is 185 g/mol. The Hall–Kier alpha value is -0.545. The van der Waals surface area contributed by atoms with Crippen molar-refractivity contribution in [3.63, 3.8) is 0 Å². The molecule has 1 aliphatic heterocycles. The van der Waals surface area contributed by atoms with Crippen LogP contribution in [0.5, 0.6) is 0 Å². The Kier molecular flexibility index (Phi) is 3.75. The maximum absolute atomic E-state index is 10.6. The normalized spacial score (nSPS) is 26.6. The van der Waals surface area contributed by atoms with Gasteiger partial charge < -0.3 is 15.4 Å². The lowest BCUT2D eigenvalue weighted by molar-refractivity contribution is -0.143. The SMILES string of the molecule is CB(O)CCC[C@@H]1CN[C@@H]1C(=O)O. The molecule has 3 N–H and O–H groups in total. The van der Waals surface area contributed by atoms with Crippen molar-refractivity contribution in [1.29, 1.82) is 0 Å². The predicted octanol–water partition coefficient (Wildman–Crippen LogP) is 0.0528. The summed E-state index contributed by atoms with van der Waals surface area (Å²) >= 11 is 0. The van der Waals surface area contributed by atoms with Crippen molar-refractivity contribution in [3.8, 4) is 0 Å². The number of carboxylic acids is 1. The summed E-state index contributed by atoms with van der Waals surface area (Å²) in [4.78, 5) is 10.6. The van der Waals surface area contributed by atoms with Crippen LogP contribution in [0.3, 0.4) is 0 Å². The third-order valence-corrected chi connectivity index (χ3v) is 2.53. The van der Waals surface area contributed by atoms with Crippen LogP contribution >= 0.6 is 0 Å². The Bertz CT molecular complexity index is 186. The molecule has 0 amide bonds. The Balaban J connectivity index is 2.12. The number of hydrogen-bond donors (Lipinski definition) is 3. The highest BCUT2D eigenvalue weighted by atomic mass is 16.4. The molecule has 5 heteroatoms. The van der Waals surface area contributed by atoms with Gasteiger partial charge in [0.1, 0.15) is 6.04 Å². The Morgan fingerprint density at radius 3 is 2.77 bits per heavy atom. The third kappa shape index (κ3) is 3.01. The summed E-state index contributed by atoms with van der Waals surface area (Å²) in [5.74, 6) is -0.496. The molecule has 0 unspecified atom stereocenters. The fourth-order valence-corrected chi connectivity index (χ4v) is 1.64. The fraction of sp³-hybridized carbons (Fsp3) is 0.875. The van der Waals surface area contributed by atoms with E-state index in [1.54, 1.807) is 6.82 Å². The van der Waals surface area contributed by atoms with Gasteiger partial charge >= 0.3 is 5.97 Å². The van der Waals surface area contributed by atoms with E-state index in [1.807, 2.05) is 0 Å². The van der Waals surface area contributed by atoms with E-state index < -0.39 is 5.97 Å². The minimum atomic E-state index is -0.756. The highest BCUT2D eigenvalue weighted by Crippen LogP contribution is 2.20. The molecular weight excluding hydrogens is 169 g/mol. The molecule has 1 heterocycles.